The molecule has 0 aliphatic carbocycles. The second-order valence-electron chi connectivity index (χ2n) is 7.53. The maximum absolute atomic E-state index is 14.1. The molecule has 160 valence electrons. The molecule has 2 N–H and O–H groups in total. The van der Waals surface area contributed by atoms with Crippen LogP contribution >= 0.6 is 11.8 Å². The lowest BCUT2D eigenvalue weighted by molar-refractivity contribution is -0.116. The van der Waals surface area contributed by atoms with Crippen LogP contribution < -0.4 is 10.7 Å². The summed E-state index contributed by atoms with van der Waals surface area (Å²) in [4.78, 5) is 13.3. The number of anilines is 1. The third-order valence-electron chi connectivity index (χ3n) is 5.30. The monoisotopic (exact) mass is 445 g/mol. The number of aromatic nitrogens is 3. The Bertz CT molecular complexity index is 1260. The van der Waals surface area contributed by atoms with Crippen molar-refractivity contribution in [1.29, 1.82) is 0 Å². The van der Waals surface area contributed by atoms with E-state index in [1.165, 1.54) is 17.8 Å². The van der Waals surface area contributed by atoms with Gasteiger partial charge in [0.05, 0.1) is 11.7 Å². The molecule has 1 aliphatic heterocycles. The lowest BCUT2D eigenvalue weighted by atomic mass is 10.0. The van der Waals surface area contributed by atoms with Crippen LogP contribution in [0.1, 0.15) is 17.2 Å². The number of carbonyl (C=O) groups is 1. The molecule has 0 saturated heterocycles. The lowest BCUT2D eigenvalue weighted by Gasteiger charge is -2.33. The summed E-state index contributed by atoms with van der Waals surface area (Å²) in [5.74, 6) is -0.122. The number of halogens is 1. The van der Waals surface area contributed by atoms with E-state index >= 15 is 0 Å². The fourth-order valence-electron chi connectivity index (χ4n) is 3.62. The van der Waals surface area contributed by atoms with E-state index in [-0.39, 0.29) is 17.6 Å². The Balaban J connectivity index is 1.52. The molecule has 8 heteroatoms. The summed E-state index contributed by atoms with van der Waals surface area (Å²) in [6, 6.07) is 23.5. The first kappa shape index (κ1) is 20.3. The highest BCUT2D eigenvalue weighted by atomic mass is 32.2. The van der Waals surface area contributed by atoms with Gasteiger partial charge in [0.15, 0.2) is 5.82 Å². The molecule has 0 saturated carbocycles. The number of hydrogen-bond acceptors (Lipinski definition) is 5. The number of hydrogen-bond donors (Lipinski definition) is 2. The van der Waals surface area contributed by atoms with Gasteiger partial charge in [-0.1, -0.05) is 84.1 Å². The Labute approximate surface area is 188 Å². The molecule has 6 nitrogen and oxygen atoms in total. The van der Waals surface area contributed by atoms with Crippen LogP contribution in [-0.4, -0.2) is 26.0 Å². The van der Waals surface area contributed by atoms with E-state index in [9.17, 15) is 9.18 Å². The second-order valence-corrected chi connectivity index (χ2v) is 8.64. The number of carbonyl (C=O) groups excluding carboxylic acids is 1. The Morgan fingerprint density at radius 1 is 1.00 bits per heavy atom. The van der Waals surface area contributed by atoms with E-state index in [2.05, 4.69) is 20.9 Å². The van der Waals surface area contributed by atoms with Crippen LogP contribution in [0.5, 0.6) is 0 Å². The molecule has 3 aromatic carbocycles. The molecule has 32 heavy (non-hydrogen) atoms. The Morgan fingerprint density at radius 3 is 2.47 bits per heavy atom. The van der Waals surface area contributed by atoms with E-state index in [0.717, 1.165) is 16.7 Å². The van der Waals surface area contributed by atoms with E-state index < -0.39 is 11.1 Å². The molecule has 2 atom stereocenters. The first-order chi connectivity index (χ1) is 15.6. The molecule has 0 unspecified atom stereocenters. The highest BCUT2D eigenvalue weighted by Gasteiger charge is 2.38. The third kappa shape index (κ3) is 3.85. The van der Waals surface area contributed by atoms with Gasteiger partial charge >= 0.3 is 0 Å². The van der Waals surface area contributed by atoms with Crippen LogP contribution in [0.2, 0.25) is 0 Å². The van der Waals surface area contributed by atoms with Gasteiger partial charge in [-0.15, -0.1) is 10.2 Å². The van der Waals surface area contributed by atoms with Gasteiger partial charge in [0, 0.05) is 5.56 Å². The molecule has 0 fully saturated rings. The molecule has 1 aromatic heterocycles. The van der Waals surface area contributed by atoms with Crippen LogP contribution in [0.3, 0.4) is 0 Å². The molecule has 0 bridgehead atoms. The summed E-state index contributed by atoms with van der Waals surface area (Å²) in [7, 11) is 0. The van der Waals surface area contributed by atoms with Crippen molar-refractivity contribution in [2.45, 2.75) is 23.4 Å². The van der Waals surface area contributed by atoms with Gasteiger partial charge in [-0.05, 0) is 24.6 Å². The van der Waals surface area contributed by atoms with Crippen molar-refractivity contribution in [3.05, 3.63) is 95.8 Å². The highest BCUT2D eigenvalue weighted by molar-refractivity contribution is 8.00. The molecule has 1 amide bonds. The van der Waals surface area contributed by atoms with E-state index in [1.807, 2.05) is 66.2 Å². The largest absolute Gasteiger partial charge is 0.323 e. The highest BCUT2D eigenvalue weighted by Crippen LogP contribution is 2.39. The number of para-hydroxylation sites is 1. The van der Waals surface area contributed by atoms with Crippen LogP contribution in [-0.2, 0) is 4.79 Å². The van der Waals surface area contributed by atoms with Crippen LogP contribution in [0.15, 0.2) is 84.0 Å². The zero-order chi connectivity index (χ0) is 22.1. The van der Waals surface area contributed by atoms with Gasteiger partial charge < -0.3 is 10.7 Å². The summed E-state index contributed by atoms with van der Waals surface area (Å²) < 4.78 is 16.0. The number of benzene rings is 3. The summed E-state index contributed by atoms with van der Waals surface area (Å²) in [5, 5.41) is 11.3. The fraction of sp³-hybridized carbons (Fsp3) is 0.125. The SMILES string of the molecule is Cc1ccc([C@@H]2Nn3c(nnc3-c3ccccc3)S[C@@H]2C(=O)Nc2ccccc2F)cc1. The molecule has 2 heterocycles. The molecular weight excluding hydrogens is 425 g/mol. The quantitative estimate of drug-likeness (QED) is 0.473. The maximum Gasteiger partial charge on any atom is 0.240 e. The van der Waals surface area contributed by atoms with Gasteiger partial charge in [-0.2, -0.15) is 0 Å². The normalized spacial score (nSPS) is 17.3. The molecule has 1 aliphatic rings. The van der Waals surface area contributed by atoms with Gasteiger partial charge in [0.25, 0.3) is 0 Å². The zero-order valence-electron chi connectivity index (χ0n) is 17.2. The number of nitrogens with zero attached hydrogens (tertiary/aromatic N) is 3. The number of rotatable bonds is 4. The van der Waals surface area contributed by atoms with Crippen molar-refractivity contribution in [2.75, 3.05) is 10.7 Å². The van der Waals surface area contributed by atoms with Gasteiger partial charge in [-0.25, -0.2) is 9.07 Å². The second kappa shape index (κ2) is 8.47. The predicted octanol–water partition coefficient (Wildman–Crippen LogP) is 4.79. The predicted molar refractivity (Wildman–Crippen MR) is 123 cm³/mol. The van der Waals surface area contributed by atoms with Gasteiger partial charge in [-0.3, -0.25) is 4.79 Å². The molecule has 0 radical (unpaired) electrons. The first-order valence-corrected chi connectivity index (χ1v) is 11.0. The number of aryl methyl sites for hydroxylation is 1. The summed E-state index contributed by atoms with van der Waals surface area (Å²) in [6.45, 7) is 2.01. The Hall–Kier alpha value is -3.65. The molecular formula is C24H20FN5OS. The first-order valence-electron chi connectivity index (χ1n) is 10.2. The molecule has 5 rings (SSSR count). The molecule has 4 aromatic rings. The van der Waals surface area contributed by atoms with Crippen molar-refractivity contribution < 1.29 is 9.18 Å². The van der Waals surface area contributed by atoms with Crippen LogP contribution in [0, 0.1) is 12.7 Å². The standard InChI is InChI=1S/C24H20FN5OS/c1-15-11-13-16(14-12-15)20-21(23(31)26-19-10-6-5-9-18(19)25)32-24-28-27-22(30(24)29-20)17-7-3-2-4-8-17/h2-14,20-21,29H,1H3,(H,26,31)/t20-,21-/m0/s1. The number of fused-ring (bicyclic) bond motifs is 1. The van der Waals surface area contributed by atoms with Gasteiger partial charge in [0.2, 0.25) is 11.1 Å². The lowest BCUT2D eigenvalue weighted by Crippen LogP contribution is -2.41. The fourth-order valence-corrected chi connectivity index (χ4v) is 4.70. The van der Waals surface area contributed by atoms with E-state index in [0.29, 0.717) is 11.0 Å². The molecule has 0 spiro atoms. The van der Waals surface area contributed by atoms with Crippen LogP contribution in [0.25, 0.3) is 11.4 Å². The minimum atomic E-state index is -0.586. The average Bonchev–Trinajstić information content (AvgIpc) is 3.24. The maximum atomic E-state index is 14.1. The number of thioether (sulfide) groups is 1. The van der Waals surface area contributed by atoms with E-state index in [1.54, 1.807) is 18.2 Å². The summed E-state index contributed by atoms with van der Waals surface area (Å²) in [5.41, 5.74) is 6.56. The minimum Gasteiger partial charge on any atom is -0.323 e. The van der Waals surface area contributed by atoms with Crippen molar-refractivity contribution in [2.24, 2.45) is 0 Å². The topological polar surface area (TPSA) is 71.8 Å². The van der Waals surface area contributed by atoms with Crippen molar-refractivity contribution in [3.63, 3.8) is 0 Å². The Morgan fingerprint density at radius 2 is 1.72 bits per heavy atom. The van der Waals surface area contributed by atoms with Crippen molar-refractivity contribution >= 4 is 23.4 Å². The number of amides is 1. The summed E-state index contributed by atoms with van der Waals surface area (Å²) >= 11 is 1.31. The van der Waals surface area contributed by atoms with Crippen molar-refractivity contribution in [1.82, 2.24) is 14.9 Å². The Kier molecular flexibility index (Phi) is 5.36. The van der Waals surface area contributed by atoms with E-state index in [4.69, 9.17) is 0 Å². The average molecular weight is 446 g/mol. The minimum absolute atomic E-state index is 0.151. The van der Waals surface area contributed by atoms with Crippen LogP contribution in [0.4, 0.5) is 10.1 Å². The number of nitrogens with one attached hydrogen (secondary N) is 2. The zero-order valence-corrected chi connectivity index (χ0v) is 18.0. The third-order valence-corrected chi connectivity index (χ3v) is 6.51. The van der Waals surface area contributed by atoms with Crippen molar-refractivity contribution in [3.8, 4) is 11.4 Å². The smallest absolute Gasteiger partial charge is 0.240 e. The summed E-state index contributed by atoms with van der Waals surface area (Å²) in [6.07, 6.45) is 0. The van der Waals surface area contributed by atoms with Gasteiger partial charge in [0.1, 0.15) is 11.1 Å².